The highest BCUT2D eigenvalue weighted by Gasteiger charge is 2.54. The standard InChI is InChI=1S/C74H66BN3/c1-45-17-16-18-54(38-45)77-67-39-47(3)23-35-64(67)75-65-43-59-57-20-13-15-22-61(57)74(63(59)44-68(65)78(66-36-24-46(2)37-49(66)5)70-41-48(4)40-69(77)71(70)75)60-21-14-12-19-56(60)58-42-55(33-34-62(58)74)76(52-29-25-50(26-30-52)72(6,7)8)53-31-27-51(28-32-53)73(9,10)11/h12-44H,1-11H3. The summed E-state index contributed by atoms with van der Waals surface area (Å²) in [4.78, 5) is 7.64. The van der Waals surface area contributed by atoms with E-state index in [9.17, 15) is 0 Å². The Balaban J connectivity index is 1.03. The van der Waals surface area contributed by atoms with Gasteiger partial charge >= 0.3 is 0 Å². The van der Waals surface area contributed by atoms with Crippen molar-refractivity contribution in [2.24, 2.45) is 0 Å². The minimum atomic E-state index is -0.575. The van der Waals surface area contributed by atoms with Gasteiger partial charge in [-0.05, 0) is 219 Å². The van der Waals surface area contributed by atoms with E-state index in [0.29, 0.717) is 0 Å². The Bertz CT molecular complexity index is 4070. The fraction of sp³-hybridized carbons (Fsp3) is 0.189. The number of anilines is 9. The van der Waals surface area contributed by atoms with Gasteiger partial charge in [-0.25, -0.2) is 0 Å². The molecular formula is C74H66BN3. The summed E-state index contributed by atoms with van der Waals surface area (Å²) in [5, 5.41) is 0. The molecule has 78 heavy (non-hydrogen) atoms. The fourth-order valence-corrected chi connectivity index (χ4v) is 14.0. The van der Waals surface area contributed by atoms with E-state index in [0.717, 1.165) is 17.1 Å². The number of fused-ring (bicyclic) bond motifs is 14. The van der Waals surface area contributed by atoms with E-state index in [-0.39, 0.29) is 17.5 Å². The summed E-state index contributed by atoms with van der Waals surface area (Å²) in [7, 11) is 0. The summed E-state index contributed by atoms with van der Waals surface area (Å²) in [6.45, 7) is 25.0. The third-order valence-electron chi connectivity index (χ3n) is 17.7. The smallest absolute Gasteiger partial charge is 0.252 e. The molecule has 0 bridgehead atoms. The Hall–Kier alpha value is -8.34. The molecule has 1 unspecified atom stereocenters. The van der Waals surface area contributed by atoms with Crippen LogP contribution < -0.4 is 31.1 Å². The van der Waals surface area contributed by atoms with E-state index in [1.807, 2.05) is 0 Å². The maximum absolute atomic E-state index is 2.63. The van der Waals surface area contributed by atoms with Gasteiger partial charge in [0.1, 0.15) is 0 Å². The number of hydrogen-bond donors (Lipinski definition) is 0. The van der Waals surface area contributed by atoms with Crippen LogP contribution in [0.5, 0.6) is 0 Å². The molecule has 1 atom stereocenters. The fourth-order valence-electron chi connectivity index (χ4n) is 14.0. The highest BCUT2D eigenvalue weighted by molar-refractivity contribution is 7.00. The molecule has 4 heteroatoms. The van der Waals surface area contributed by atoms with E-state index < -0.39 is 5.41 Å². The lowest BCUT2D eigenvalue weighted by atomic mass is 9.33. The van der Waals surface area contributed by atoms with Gasteiger partial charge in [0.2, 0.25) is 0 Å². The topological polar surface area (TPSA) is 9.72 Å². The molecule has 10 aromatic carbocycles. The van der Waals surface area contributed by atoms with Gasteiger partial charge in [-0.15, -0.1) is 0 Å². The summed E-state index contributed by atoms with van der Waals surface area (Å²) >= 11 is 0. The average molecular weight is 1010 g/mol. The van der Waals surface area contributed by atoms with Crippen LogP contribution in [-0.4, -0.2) is 6.71 Å². The quantitative estimate of drug-likeness (QED) is 0.159. The summed E-state index contributed by atoms with van der Waals surface area (Å²) < 4.78 is 0. The highest BCUT2D eigenvalue weighted by atomic mass is 15.2. The van der Waals surface area contributed by atoms with Gasteiger partial charge in [0.25, 0.3) is 6.71 Å². The van der Waals surface area contributed by atoms with Crippen molar-refractivity contribution < 1.29 is 0 Å². The number of nitrogens with zero attached hydrogens (tertiary/aromatic N) is 3. The van der Waals surface area contributed by atoms with Crippen molar-refractivity contribution >= 4 is 74.3 Å². The van der Waals surface area contributed by atoms with Crippen LogP contribution in [0.3, 0.4) is 0 Å². The molecule has 1 spiro atoms. The molecule has 0 saturated carbocycles. The molecular weight excluding hydrogens is 942 g/mol. The van der Waals surface area contributed by atoms with Gasteiger partial charge in [0, 0.05) is 51.2 Å². The Morgan fingerprint density at radius 1 is 0.359 bits per heavy atom. The van der Waals surface area contributed by atoms with Crippen LogP contribution in [0, 0.1) is 34.6 Å². The lowest BCUT2D eigenvalue weighted by molar-refractivity contribution is 0.590. The molecule has 14 rings (SSSR count). The first-order chi connectivity index (χ1) is 37.5. The van der Waals surface area contributed by atoms with Crippen molar-refractivity contribution in [1.29, 1.82) is 0 Å². The lowest BCUT2D eigenvalue weighted by Gasteiger charge is -2.45. The predicted octanol–water partition coefficient (Wildman–Crippen LogP) is 17.7. The summed E-state index contributed by atoms with van der Waals surface area (Å²) in [5.41, 5.74) is 33.7. The van der Waals surface area contributed by atoms with E-state index in [1.165, 1.54) is 134 Å². The highest BCUT2D eigenvalue weighted by Crippen LogP contribution is 2.64. The van der Waals surface area contributed by atoms with Crippen molar-refractivity contribution in [1.82, 2.24) is 0 Å². The van der Waals surface area contributed by atoms with Crippen LogP contribution in [0.4, 0.5) is 51.2 Å². The van der Waals surface area contributed by atoms with Crippen LogP contribution in [-0.2, 0) is 16.2 Å². The molecule has 2 aliphatic carbocycles. The predicted molar refractivity (Wildman–Crippen MR) is 333 cm³/mol. The second kappa shape index (κ2) is 17.1. The number of benzene rings is 10. The molecule has 10 aromatic rings. The van der Waals surface area contributed by atoms with Crippen molar-refractivity contribution in [3.05, 3.63) is 261 Å². The first-order valence-corrected chi connectivity index (χ1v) is 28.0. The monoisotopic (exact) mass is 1010 g/mol. The third kappa shape index (κ3) is 7.04. The Morgan fingerprint density at radius 2 is 0.885 bits per heavy atom. The van der Waals surface area contributed by atoms with Crippen LogP contribution in [0.2, 0.25) is 0 Å². The zero-order valence-electron chi connectivity index (χ0n) is 47.0. The maximum atomic E-state index is 2.63. The zero-order valence-corrected chi connectivity index (χ0v) is 47.0. The van der Waals surface area contributed by atoms with E-state index in [2.05, 4.69) is 291 Å². The molecule has 0 saturated heterocycles. The molecule has 0 radical (unpaired) electrons. The van der Waals surface area contributed by atoms with Crippen molar-refractivity contribution in [3.8, 4) is 22.3 Å². The van der Waals surface area contributed by atoms with Crippen LogP contribution in [0.15, 0.2) is 200 Å². The Kier molecular flexibility index (Phi) is 10.5. The molecule has 0 aromatic heterocycles. The second-order valence-corrected chi connectivity index (χ2v) is 25.0. The zero-order chi connectivity index (χ0) is 53.7. The summed E-state index contributed by atoms with van der Waals surface area (Å²) in [6.07, 6.45) is 0. The summed E-state index contributed by atoms with van der Waals surface area (Å²) in [5.74, 6) is 0. The Labute approximate surface area is 462 Å². The molecule has 380 valence electrons. The Morgan fingerprint density at radius 3 is 1.50 bits per heavy atom. The van der Waals surface area contributed by atoms with E-state index in [4.69, 9.17) is 0 Å². The molecule has 2 aliphatic heterocycles. The van der Waals surface area contributed by atoms with Crippen LogP contribution in [0.1, 0.15) is 103 Å². The minimum Gasteiger partial charge on any atom is -0.311 e. The maximum Gasteiger partial charge on any atom is 0.252 e. The minimum absolute atomic E-state index is 0.00936. The molecule has 0 N–H and O–H groups in total. The van der Waals surface area contributed by atoms with Crippen LogP contribution in [0.25, 0.3) is 22.3 Å². The van der Waals surface area contributed by atoms with Gasteiger partial charge in [-0.2, -0.15) is 0 Å². The SMILES string of the molecule is Cc1cccc(N2c3cc(C)ccc3B3c4cc5c(cc4N(c4ccc(C)cc4C)c4cc(C)cc2c43)C2(c3ccccc3-c3cc(N(c4ccc(C(C)(C)C)cc4)c4ccc(C(C)(C)C)cc4)ccc32)c2ccccc2-5)c1. The van der Waals surface area contributed by atoms with Crippen molar-refractivity contribution in [3.63, 3.8) is 0 Å². The lowest BCUT2D eigenvalue weighted by Crippen LogP contribution is -2.61. The number of aryl methyl sites for hydroxylation is 5. The van der Waals surface area contributed by atoms with Gasteiger partial charge in [0.05, 0.1) is 5.41 Å². The van der Waals surface area contributed by atoms with Gasteiger partial charge in [-0.3, -0.25) is 0 Å². The molecule has 2 heterocycles. The molecule has 0 amide bonds. The number of hydrogen-bond acceptors (Lipinski definition) is 3. The average Bonchev–Trinajstić information content (AvgIpc) is 2.91. The van der Waals surface area contributed by atoms with Crippen molar-refractivity contribution in [2.75, 3.05) is 14.7 Å². The van der Waals surface area contributed by atoms with Crippen molar-refractivity contribution in [2.45, 2.75) is 92.4 Å². The van der Waals surface area contributed by atoms with E-state index in [1.54, 1.807) is 0 Å². The molecule has 0 fully saturated rings. The van der Waals surface area contributed by atoms with Gasteiger partial charge in [0.15, 0.2) is 0 Å². The number of rotatable bonds is 5. The summed E-state index contributed by atoms with van der Waals surface area (Å²) in [6, 6.07) is 77.8. The van der Waals surface area contributed by atoms with Crippen LogP contribution >= 0.6 is 0 Å². The van der Waals surface area contributed by atoms with Gasteiger partial charge < -0.3 is 14.7 Å². The first-order valence-electron chi connectivity index (χ1n) is 28.0. The largest absolute Gasteiger partial charge is 0.311 e. The van der Waals surface area contributed by atoms with E-state index >= 15 is 0 Å². The first kappa shape index (κ1) is 48.1. The van der Waals surface area contributed by atoms with Gasteiger partial charge in [-0.1, -0.05) is 168 Å². The second-order valence-electron chi connectivity index (χ2n) is 25.0. The third-order valence-corrected chi connectivity index (χ3v) is 17.7. The normalized spacial score (nSPS) is 15.3. The molecule has 3 nitrogen and oxygen atoms in total. The molecule has 4 aliphatic rings.